The van der Waals surface area contributed by atoms with Crippen molar-refractivity contribution in [3.05, 3.63) is 106 Å². The first-order valence-corrected chi connectivity index (χ1v) is 10.2. The van der Waals surface area contributed by atoms with Crippen molar-refractivity contribution < 1.29 is 4.74 Å². The van der Waals surface area contributed by atoms with Crippen LogP contribution in [0.1, 0.15) is 22.3 Å². The maximum atomic E-state index is 9.17. The number of nitrogens with one attached hydrogen (secondary N) is 2. The van der Waals surface area contributed by atoms with Gasteiger partial charge in [0, 0.05) is 17.5 Å². The quantitative estimate of drug-likeness (QED) is 0.584. The van der Waals surface area contributed by atoms with Crippen LogP contribution in [0.2, 0.25) is 0 Å². The van der Waals surface area contributed by atoms with Crippen molar-refractivity contribution in [1.29, 1.82) is 5.26 Å². The third-order valence-corrected chi connectivity index (χ3v) is 5.88. The Bertz CT molecular complexity index is 1070. The van der Waals surface area contributed by atoms with E-state index in [4.69, 9.17) is 4.74 Å². The molecule has 3 aromatic carbocycles. The third kappa shape index (κ3) is 3.94. The van der Waals surface area contributed by atoms with Crippen molar-refractivity contribution >= 4 is 17.4 Å². The fourth-order valence-electron chi connectivity index (χ4n) is 3.37. The predicted octanol–water partition coefficient (Wildman–Crippen LogP) is 5.61. The molecular weight excluding hydrogens is 378 g/mol. The van der Waals surface area contributed by atoms with Gasteiger partial charge in [-0.25, -0.2) is 0 Å². The van der Waals surface area contributed by atoms with Gasteiger partial charge in [-0.15, -0.1) is 0 Å². The van der Waals surface area contributed by atoms with Gasteiger partial charge in [0.15, 0.2) is 10.1 Å². The summed E-state index contributed by atoms with van der Waals surface area (Å²) in [4.78, 5) is -0.577. The summed E-state index contributed by atoms with van der Waals surface area (Å²) in [5, 5.41) is 17.0. The number of nitrogens with zero attached hydrogens (tertiary/aromatic N) is 1. The minimum absolute atomic E-state index is 0.577. The molecule has 4 nitrogen and oxygen atoms in total. The summed E-state index contributed by atoms with van der Waals surface area (Å²) in [7, 11) is 0. The zero-order chi connectivity index (χ0) is 20.3. The van der Waals surface area contributed by atoms with Crippen molar-refractivity contribution in [3.8, 4) is 11.8 Å². The molecule has 144 valence electrons. The fraction of sp³-hybridized carbons (Fsp3) is 0.125. The Kier molecular flexibility index (Phi) is 5.20. The Morgan fingerprint density at radius 1 is 0.966 bits per heavy atom. The number of hydrogen-bond acceptors (Lipinski definition) is 5. The SMILES string of the molecule is Cc1cc(C#N)cc(C)c1OC1=CNC(Nc2ccccc2)(c2ccccc2)S1. The van der Waals surface area contributed by atoms with Crippen LogP contribution in [0.25, 0.3) is 0 Å². The standard InChI is InChI=1S/C24H21N3OS/c1-17-13-19(15-25)14-18(2)23(17)28-22-16-26-24(29-22,20-9-5-3-6-10-20)27-21-11-7-4-8-12-21/h3-14,16,26-27H,1-2H3. The first-order chi connectivity index (χ1) is 14.1. The van der Waals surface area contributed by atoms with Gasteiger partial charge < -0.3 is 15.4 Å². The van der Waals surface area contributed by atoms with Gasteiger partial charge in [0.1, 0.15) is 5.75 Å². The summed E-state index contributed by atoms with van der Waals surface area (Å²) in [6.07, 6.45) is 1.89. The molecule has 0 amide bonds. The van der Waals surface area contributed by atoms with Crippen LogP contribution in [0, 0.1) is 25.2 Å². The number of benzene rings is 3. The summed E-state index contributed by atoms with van der Waals surface area (Å²) >= 11 is 1.58. The van der Waals surface area contributed by atoms with Crippen LogP contribution in [0.3, 0.4) is 0 Å². The molecular formula is C24H21N3OS. The molecule has 0 aromatic heterocycles. The van der Waals surface area contributed by atoms with Crippen molar-refractivity contribution in [2.45, 2.75) is 18.8 Å². The van der Waals surface area contributed by atoms with E-state index in [2.05, 4.69) is 28.8 Å². The molecule has 0 radical (unpaired) electrons. The summed E-state index contributed by atoms with van der Waals surface area (Å²) in [5.41, 5.74) is 4.63. The monoisotopic (exact) mass is 399 g/mol. The lowest BCUT2D eigenvalue weighted by Gasteiger charge is -2.31. The number of hydrogen-bond donors (Lipinski definition) is 2. The number of ether oxygens (including phenoxy) is 1. The maximum Gasteiger partial charge on any atom is 0.190 e. The maximum absolute atomic E-state index is 9.17. The molecule has 29 heavy (non-hydrogen) atoms. The van der Waals surface area contributed by atoms with Gasteiger partial charge in [0.05, 0.1) is 11.6 Å². The molecule has 0 spiro atoms. The molecule has 0 bridgehead atoms. The average Bonchev–Trinajstić information content (AvgIpc) is 3.15. The molecule has 1 unspecified atom stereocenters. The van der Waals surface area contributed by atoms with Gasteiger partial charge in [-0.2, -0.15) is 5.26 Å². The summed E-state index contributed by atoms with van der Waals surface area (Å²) < 4.78 is 6.26. The van der Waals surface area contributed by atoms with Crippen LogP contribution in [0.15, 0.2) is 84.1 Å². The zero-order valence-corrected chi connectivity index (χ0v) is 17.1. The fourth-order valence-corrected chi connectivity index (χ4v) is 4.46. The normalized spacial score (nSPS) is 17.8. The molecule has 2 N–H and O–H groups in total. The topological polar surface area (TPSA) is 57.1 Å². The van der Waals surface area contributed by atoms with Gasteiger partial charge in [-0.3, -0.25) is 0 Å². The predicted molar refractivity (Wildman–Crippen MR) is 118 cm³/mol. The lowest BCUT2D eigenvalue weighted by Crippen LogP contribution is -2.40. The van der Waals surface area contributed by atoms with Gasteiger partial charge in [0.2, 0.25) is 0 Å². The Morgan fingerprint density at radius 2 is 1.59 bits per heavy atom. The Balaban J connectivity index is 1.62. The van der Waals surface area contributed by atoms with E-state index in [1.165, 1.54) is 0 Å². The molecule has 1 aliphatic heterocycles. The summed E-state index contributed by atoms with van der Waals surface area (Å²) in [5.74, 6) is 0.785. The van der Waals surface area contributed by atoms with Crippen molar-refractivity contribution in [3.63, 3.8) is 0 Å². The van der Waals surface area contributed by atoms with Gasteiger partial charge in [-0.05, 0) is 61.0 Å². The van der Waals surface area contributed by atoms with Crippen LogP contribution < -0.4 is 15.4 Å². The van der Waals surface area contributed by atoms with E-state index < -0.39 is 4.99 Å². The van der Waals surface area contributed by atoms with E-state index >= 15 is 0 Å². The molecule has 1 aliphatic rings. The van der Waals surface area contributed by atoms with Crippen LogP contribution >= 0.6 is 11.8 Å². The third-order valence-electron chi connectivity index (χ3n) is 4.71. The van der Waals surface area contributed by atoms with Crippen LogP contribution in [-0.4, -0.2) is 0 Å². The molecule has 0 fully saturated rings. The number of anilines is 1. The number of aryl methyl sites for hydroxylation is 2. The molecule has 0 saturated heterocycles. The number of para-hydroxylation sites is 1. The first kappa shape index (κ1) is 19.0. The average molecular weight is 400 g/mol. The molecule has 4 rings (SSSR count). The molecule has 0 aliphatic carbocycles. The highest BCUT2D eigenvalue weighted by Crippen LogP contribution is 2.44. The number of thioether (sulfide) groups is 1. The lowest BCUT2D eigenvalue weighted by molar-refractivity contribution is 0.458. The minimum Gasteiger partial charge on any atom is -0.448 e. The second-order valence-electron chi connectivity index (χ2n) is 6.90. The molecule has 0 saturated carbocycles. The van der Waals surface area contributed by atoms with Gasteiger partial charge >= 0.3 is 0 Å². The second kappa shape index (κ2) is 7.94. The number of nitriles is 1. The summed E-state index contributed by atoms with van der Waals surface area (Å²) in [6.45, 7) is 3.92. The van der Waals surface area contributed by atoms with E-state index in [0.29, 0.717) is 5.56 Å². The Hall–Kier alpha value is -3.36. The van der Waals surface area contributed by atoms with Crippen LogP contribution in [0.5, 0.6) is 5.75 Å². The largest absolute Gasteiger partial charge is 0.448 e. The van der Waals surface area contributed by atoms with Gasteiger partial charge in [0.25, 0.3) is 0 Å². The van der Waals surface area contributed by atoms with E-state index in [9.17, 15) is 5.26 Å². The lowest BCUT2D eigenvalue weighted by atomic mass is 10.1. The van der Waals surface area contributed by atoms with Gasteiger partial charge in [-0.1, -0.05) is 48.5 Å². The smallest absolute Gasteiger partial charge is 0.190 e. The van der Waals surface area contributed by atoms with Crippen LogP contribution in [-0.2, 0) is 4.99 Å². The highest BCUT2D eigenvalue weighted by molar-refractivity contribution is 8.04. The Morgan fingerprint density at radius 3 is 2.21 bits per heavy atom. The molecule has 1 heterocycles. The highest BCUT2D eigenvalue weighted by Gasteiger charge is 2.39. The molecule has 1 atom stereocenters. The van der Waals surface area contributed by atoms with Crippen molar-refractivity contribution in [1.82, 2.24) is 5.32 Å². The minimum atomic E-state index is -0.577. The molecule has 5 heteroatoms. The van der Waals surface area contributed by atoms with Crippen molar-refractivity contribution in [2.75, 3.05) is 5.32 Å². The number of rotatable bonds is 5. The van der Waals surface area contributed by atoms with E-state index in [1.807, 2.05) is 80.7 Å². The van der Waals surface area contributed by atoms with Crippen molar-refractivity contribution in [2.24, 2.45) is 0 Å². The summed E-state index contributed by atoms with van der Waals surface area (Å²) in [6, 6.07) is 26.2. The Labute approximate surface area is 175 Å². The van der Waals surface area contributed by atoms with E-state index in [1.54, 1.807) is 11.8 Å². The first-order valence-electron chi connectivity index (χ1n) is 9.34. The van der Waals surface area contributed by atoms with Crippen LogP contribution in [0.4, 0.5) is 5.69 Å². The zero-order valence-electron chi connectivity index (χ0n) is 16.3. The highest BCUT2D eigenvalue weighted by atomic mass is 32.2. The van der Waals surface area contributed by atoms with E-state index in [-0.39, 0.29) is 0 Å². The van der Waals surface area contributed by atoms with E-state index in [0.717, 1.165) is 33.2 Å². The second-order valence-corrected chi connectivity index (χ2v) is 8.12. The molecule has 3 aromatic rings.